The molecule has 1 aromatic carbocycles. The SMILES string of the molecule is CCCn1c(SC(C(=O)NN)c2ccccc2)n[nH]c1=O. The van der Waals surface area contributed by atoms with E-state index in [1.165, 1.54) is 16.3 Å². The van der Waals surface area contributed by atoms with Crippen molar-refractivity contribution in [3.05, 3.63) is 46.4 Å². The van der Waals surface area contributed by atoms with Crippen molar-refractivity contribution in [1.82, 2.24) is 20.2 Å². The van der Waals surface area contributed by atoms with Gasteiger partial charge in [-0.3, -0.25) is 14.8 Å². The summed E-state index contributed by atoms with van der Waals surface area (Å²) in [5.74, 6) is 4.91. The van der Waals surface area contributed by atoms with Crippen LogP contribution in [-0.4, -0.2) is 20.7 Å². The molecule has 8 heteroatoms. The minimum Gasteiger partial charge on any atom is -0.293 e. The molecule has 0 spiro atoms. The van der Waals surface area contributed by atoms with E-state index in [4.69, 9.17) is 5.84 Å². The number of thioether (sulfide) groups is 1. The molecule has 0 radical (unpaired) electrons. The van der Waals surface area contributed by atoms with Gasteiger partial charge in [0.1, 0.15) is 5.25 Å². The standard InChI is InChI=1S/C13H17N5O2S/c1-2-8-18-12(20)16-17-13(18)21-10(11(19)15-14)9-6-4-3-5-7-9/h3-7,10H,2,8,14H2,1H3,(H,15,19)(H,16,20). The molecule has 1 amide bonds. The Morgan fingerprint density at radius 2 is 2.19 bits per heavy atom. The summed E-state index contributed by atoms with van der Waals surface area (Å²) in [6.07, 6.45) is 0.798. The van der Waals surface area contributed by atoms with Gasteiger partial charge in [0.2, 0.25) is 0 Å². The molecule has 1 atom stereocenters. The predicted molar refractivity (Wildman–Crippen MR) is 80.5 cm³/mol. The van der Waals surface area contributed by atoms with E-state index in [9.17, 15) is 9.59 Å². The zero-order chi connectivity index (χ0) is 15.2. The fourth-order valence-corrected chi connectivity index (χ4v) is 2.97. The van der Waals surface area contributed by atoms with Crippen LogP contribution < -0.4 is 17.0 Å². The van der Waals surface area contributed by atoms with Crippen LogP contribution in [0.15, 0.2) is 40.3 Å². The minimum absolute atomic E-state index is 0.278. The zero-order valence-electron chi connectivity index (χ0n) is 11.6. The van der Waals surface area contributed by atoms with Gasteiger partial charge in [-0.2, -0.15) is 0 Å². The number of H-pyrrole nitrogens is 1. The smallest absolute Gasteiger partial charge is 0.293 e. The van der Waals surface area contributed by atoms with Crippen LogP contribution in [-0.2, 0) is 11.3 Å². The number of nitrogens with one attached hydrogen (secondary N) is 2. The molecule has 0 fully saturated rings. The second-order valence-electron chi connectivity index (χ2n) is 4.38. The van der Waals surface area contributed by atoms with Crippen molar-refractivity contribution < 1.29 is 4.79 Å². The maximum atomic E-state index is 12.0. The van der Waals surface area contributed by atoms with Gasteiger partial charge < -0.3 is 0 Å². The second-order valence-corrected chi connectivity index (χ2v) is 5.45. The zero-order valence-corrected chi connectivity index (χ0v) is 12.4. The van der Waals surface area contributed by atoms with Gasteiger partial charge >= 0.3 is 5.69 Å². The molecular formula is C13H17N5O2S. The lowest BCUT2D eigenvalue weighted by Crippen LogP contribution is -2.33. The Hall–Kier alpha value is -2.06. The van der Waals surface area contributed by atoms with E-state index in [1.54, 1.807) is 0 Å². The number of benzene rings is 1. The molecule has 0 saturated carbocycles. The Kier molecular flexibility index (Phi) is 5.18. The number of hydrogen-bond donors (Lipinski definition) is 3. The van der Waals surface area contributed by atoms with E-state index >= 15 is 0 Å². The highest BCUT2D eigenvalue weighted by Crippen LogP contribution is 2.33. The van der Waals surface area contributed by atoms with Crippen LogP contribution in [0, 0.1) is 0 Å². The second kappa shape index (κ2) is 7.09. The lowest BCUT2D eigenvalue weighted by Gasteiger charge is -2.14. The topological polar surface area (TPSA) is 106 Å². The maximum absolute atomic E-state index is 12.0. The molecule has 1 aromatic heterocycles. The molecule has 1 heterocycles. The van der Waals surface area contributed by atoms with Crippen molar-refractivity contribution in [3.63, 3.8) is 0 Å². The van der Waals surface area contributed by atoms with Crippen molar-refractivity contribution in [2.45, 2.75) is 30.3 Å². The number of rotatable bonds is 6. The van der Waals surface area contributed by atoms with Crippen LogP contribution in [0.5, 0.6) is 0 Å². The number of nitrogens with zero attached hydrogens (tertiary/aromatic N) is 2. The molecule has 21 heavy (non-hydrogen) atoms. The first-order valence-corrected chi connectivity index (χ1v) is 7.42. The number of carbonyl (C=O) groups is 1. The summed E-state index contributed by atoms with van der Waals surface area (Å²) in [5.41, 5.74) is 2.67. The quantitative estimate of drug-likeness (QED) is 0.317. The normalized spacial score (nSPS) is 12.1. The molecule has 0 saturated heterocycles. The van der Waals surface area contributed by atoms with Crippen molar-refractivity contribution in [1.29, 1.82) is 0 Å². The van der Waals surface area contributed by atoms with Gasteiger partial charge in [-0.05, 0) is 12.0 Å². The molecular weight excluding hydrogens is 290 g/mol. The van der Waals surface area contributed by atoms with Gasteiger partial charge in [-0.15, -0.1) is 5.10 Å². The first kappa shape index (κ1) is 15.3. The molecule has 1 unspecified atom stereocenters. The maximum Gasteiger partial charge on any atom is 0.343 e. The minimum atomic E-state index is -0.568. The van der Waals surface area contributed by atoms with E-state index < -0.39 is 5.25 Å². The summed E-state index contributed by atoms with van der Waals surface area (Å²) >= 11 is 1.19. The van der Waals surface area contributed by atoms with Crippen LogP contribution in [0.3, 0.4) is 0 Å². The molecule has 0 bridgehead atoms. The summed E-state index contributed by atoms with van der Waals surface area (Å²) in [6, 6.07) is 9.23. The largest absolute Gasteiger partial charge is 0.343 e. The van der Waals surface area contributed by atoms with Crippen LogP contribution in [0.1, 0.15) is 24.2 Å². The monoisotopic (exact) mass is 307 g/mol. The molecule has 2 aromatic rings. The van der Waals surface area contributed by atoms with E-state index in [0.717, 1.165) is 12.0 Å². The number of nitrogens with two attached hydrogens (primary N) is 1. The van der Waals surface area contributed by atoms with Crippen molar-refractivity contribution in [2.24, 2.45) is 5.84 Å². The third-order valence-corrected chi connectivity index (χ3v) is 4.12. The number of hydrazine groups is 1. The van der Waals surface area contributed by atoms with Crippen molar-refractivity contribution in [2.75, 3.05) is 0 Å². The van der Waals surface area contributed by atoms with Gasteiger partial charge in [0, 0.05) is 6.54 Å². The number of aromatic nitrogens is 3. The Morgan fingerprint density at radius 1 is 1.48 bits per heavy atom. The average molecular weight is 307 g/mol. The summed E-state index contributed by atoms with van der Waals surface area (Å²) in [4.78, 5) is 23.7. The molecule has 0 aliphatic carbocycles. The van der Waals surface area contributed by atoms with E-state index in [1.807, 2.05) is 37.3 Å². The van der Waals surface area contributed by atoms with E-state index in [2.05, 4.69) is 15.6 Å². The highest BCUT2D eigenvalue weighted by molar-refractivity contribution is 8.00. The Balaban J connectivity index is 2.32. The summed E-state index contributed by atoms with van der Waals surface area (Å²) in [6.45, 7) is 2.51. The number of aromatic amines is 1. The Labute approximate surface area is 125 Å². The summed E-state index contributed by atoms with van der Waals surface area (Å²) < 4.78 is 1.52. The highest BCUT2D eigenvalue weighted by Gasteiger charge is 2.24. The number of hydrogen-bond acceptors (Lipinski definition) is 5. The lowest BCUT2D eigenvalue weighted by molar-refractivity contribution is -0.120. The van der Waals surface area contributed by atoms with Crippen LogP contribution in [0.4, 0.5) is 0 Å². The van der Waals surface area contributed by atoms with Gasteiger partial charge in [0.15, 0.2) is 5.16 Å². The van der Waals surface area contributed by atoms with Gasteiger partial charge in [0.25, 0.3) is 5.91 Å². The summed E-state index contributed by atoms with van der Waals surface area (Å²) in [7, 11) is 0. The van der Waals surface area contributed by atoms with Gasteiger partial charge in [-0.25, -0.2) is 15.7 Å². The van der Waals surface area contributed by atoms with Crippen LogP contribution in [0.2, 0.25) is 0 Å². The van der Waals surface area contributed by atoms with Gasteiger partial charge in [0.05, 0.1) is 0 Å². The number of amides is 1. The Bertz CT molecular complexity index is 652. The van der Waals surface area contributed by atoms with E-state index in [0.29, 0.717) is 11.7 Å². The first-order chi connectivity index (χ1) is 10.2. The van der Waals surface area contributed by atoms with Crippen LogP contribution >= 0.6 is 11.8 Å². The van der Waals surface area contributed by atoms with E-state index in [-0.39, 0.29) is 11.6 Å². The third-order valence-electron chi connectivity index (χ3n) is 2.88. The van der Waals surface area contributed by atoms with Crippen LogP contribution in [0.25, 0.3) is 0 Å². The number of carbonyl (C=O) groups excluding carboxylic acids is 1. The molecule has 0 aliphatic rings. The Morgan fingerprint density at radius 3 is 2.81 bits per heavy atom. The molecule has 4 N–H and O–H groups in total. The molecule has 0 aliphatic heterocycles. The molecule has 112 valence electrons. The highest BCUT2D eigenvalue weighted by atomic mass is 32.2. The molecule has 7 nitrogen and oxygen atoms in total. The molecule has 2 rings (SSSR count). The fraction of sp³-hybridized carbons (Fsp3) is 0.308. The lowest BCUT2D eigenvalue weighted by atomic mass is 10.1. The first-order valence-electron chi connectivity index (χ1n) is 6.54. The third kappa shape index (κ3) is 3.53. The predicted octanol–water partition coefficient (Wildman–Crippen LogP) is 0.805. The average Bonchev–Trinajstić information content (AvgIpc) is 2.86. The van der Waals surface area contributed by atoms with Crippen molar-refractivity contribution >= 4 is 17.7 Å². The summed E-state index contributed by atoms with van der Waals surface area (Å²) in [5, 5.41) is 6.30. The van der Waals surface area contributed by atoms with Crippen molar-refractivity contribution in [3.8, 4) is 0 Å². The van der Waals surface area contributed by atoms with Gasteiger partial charge in [-0.1, -0.05) is 49.0 Å². The fourth-order valence-electron chi connectivity index (χ4n) is 1.90.